The first-order chi connectivity index (χ1) is 12.7. The van der Waals surface area contributed by atoms with Gasteiger partial charge in [0.25, 0.3) is 0 Å². The molecule has 1 unspecified atom stereocenters. The summed E-state index contributed by atoms with van der Waals surface area (Å²) in [6.45, 7) is 3.50. The number of aryl methyl sites for hydroxylation is 1. The normalized spacial score (nSPS) is 20.7. The molecule has 0 saturated carbocycles. The summed E-state index contributed by atoms with van der Waals surface area (Å²) >= 11 is 0. The topological polar surface area (TPSA) is 61.9 Å². The van der Waals surface area contributed by atoms with Crippen LogP contribution in [0, 0.1) is 0 Å². The van der Waals surface area contributed by atoms with Crippen LogP contribution in [0.2, 0.25) is 0 Å². The summed E-state index contributed by atoms with van der Waals surface area (Å²) in [5.41, 5.74) is 1.14. The van der Waals surface area contributed by atoms with Gasteiger partial charge in [0.2, 0.25) is 11.8 Å². The molecular formula is C20H29N3O3. The van der Waals surface area contributed by atoms with E-state index in [0.717, 1.165) is 43.5 Å². The second-order valence-electron chi connectivity index (χ2n) is 7.06. The fourth-order valence-corrected chi connectivity index (χ4v) is 3.66. The summed E-state index contributed by atoms with van der Waals surface area (Å²) in [4.78, 5) is 28.8. The van der Waals surface area contributed by atoms with Crippen LogP contribution in [0.15, 0.2) is 24.3 Å². The second-order valence-corrected chi connectivity index (χ2v) is 7.06. The maximum atomic E-state index is 12.5. The Hall–Kier alpha value is -2.08. The molecule has 26 heavy (non-hydrogen) atoms. The highest BCUT2D eigenvalue weighted by molar-refractivity contribution is 5.82. The van der Waals surface area contributed by atoms with Crippen molar-refractivity contribution in [1.29, 1.82) is 0 Å². The molecule has 2 heterocycles. The van der Waals surface area contributed by atoms with Crippen molar-refractivity contribution in [3.8, 4) is 5.75 Å². The van der Waals surface area contributed by atoms with Crippen molar-refractivity contribution >= 4 is 11.8 Å². The maximum Gasteiger partial charge on any atom is 0.239 e. The van der Waals surface area contributed by atoms with Gasteiger partial charge in [0.05, 0.1) is 13.2 Å². The molecule has 0 aromatic heterocycles. The minimum atomic E-state index is -0.0268. The quantitative estimate of drug-likeness (QED) is 0.864. The number of hydrogen-bond donors (Lipinski definition) is 1. The van der Waals surface area contributed by atoms with Gasteiger partial charge in [-0.05, 0) is 43.5 Å². The number of nitrogens with zero attached hydrogens (tertiary/aromatic N) is 2. The Morgan fingerprint density at radius 1 is 1.08 bits per heavy atom. The Morgan fingerprint density at radius 3 is 2.38 bits per heavy atom. The number of piperazine rings is 1. The summed E-state index contributed by atoms with van der Waals surface area (Å²) < 4.78 is 5.15. The van der Waals surface area contributed by atoms with E-state index in [9.17, 15) is 9.59 Å². The lowest BCUT2D eigenvalue weighted by Crippen LogP contribution is -2.55. The van der Waals surface area contributed by atoms with Crippen molar-refractivity contribution in [3.63, 3.8) is 0 Å². The van der Waals surface area contributed by atoms with Crippen LogP contribution < -0.4 is 10.1 Å². The highest BCUT2D eigenvalue weighted by Gasteiger charge is 2.29. The van der Waals surface area contributed by atoms with Crippen molar-refractivity contribution in [1.82, 2.24) is 15.1 Å². The summed E-state index contributed by atoms with van der Waals surface area (Å²) in [5, 5.41) is 3.32. The first-order valence-corrected chi connectivity index (χ1v) is 9.60. The molecule has 2 saturated heterocycles. The number of ether oxygens (including phenoxy) is 1. The van der Waals surface area contributed by atoms with Gasteiger partial charge < -0.3 is 19.9 Å². The fraction of sp³-hybridized carbons (Fsp3) is 0.600. The number of piperidine rings is 1. The summed E-state index contributed by atoms with van der Waals surface area (Å²) in [6.07, 6.45) is 4.44. The molecule has 0 spiro atoms. The standard InChI is InChI=1S/C20H29N3O3/c1-26-17-8-5-16(6-9-17)7-10-19(24)22-12-14-23(15-13-22)20(25)18-4-2-3-11-21-18/h5-6,8-9,18,21H,2-4,7,10-15H2,1H3. The number of rotatable bonds is 5. The molecule has 3 rings (SSSR count). The predicted molar refractivity (Wildman–Crippen MR) is 100 cm³/mol. The third kappa shape index (κ3) is 4.75. The zero-order chi connectivity index (χ0) is 18.4. The van der Waals surface area contributed by atoms with E-state index in [1.165, 1.54) is 0 Å². The van der Waals surface area contributed by atoms with Gasteiger partial charge in [-0.3, -0.25) is 9.59 Å². The minimum Gasteiger partial charge on any atom is -0.497 e. The smallest absolute Gasteiger partial charge is 0.239 e. The average molecular weight is 359 g/mol. The second kappa shape index (κ2) is 9.03. The molecule has 142 valence electrons. The molecular weight excluding hydrogens is 330 g/mol. The third-order valence-electron chi connectivity index (χ3n) is 5.34. The van der Waals surface area contributed by atoms with E-state index in [2.05, 4.69) is 5.32 Å². The van der Waals surface area contributed by atoms with Gasteiger partial charge in [-0.2, -0.15) is 0 Å². The molecule has 0 radical (unpaired) electrons. The van der Waals surface area contributed by atoms with Crippen molar-refractivity contribution in [3.05, 3.63) is 29.8 Å². The highest BCUT2D eigenvalue weighted by Crippen LogP contribution is 2.15. The van der Waals surface area contributed by atoms with E-state index in [1.54, 1.807) is 7.11 Å². The van der Waals surface area contributed by atoms with Crippen molar-refractivity contribution < 1.29 is 14.3 Å². The molecule has 1 atom stereocenters. The van der Waals surface area contributed by atoms with E-state index < -0.39 is 0 Å². The van der Waals surface area contributed by atoms with Gasteiger partial charge >= 0.3 is 0 Å². The van der Waals surface area contributed by atoms with E-state index in [4.69, 9.17) is 4.74 Å². The van der Waals surface area contributed by atoms with Crippen LogP contribution in [0.3, 0.4) is 0 Å². The van der Waals surface area contributed by atoms with Gasteiger partial charge in [0, 0.05) is 32.6 Å². The lowest BCUT2D eigenvalue weighted by Gasteiger charge is -2.37. The number of amides is 2. The Balaban J connectivity index is 1.42. The van der Waals surface area contributed by atoms with Gasteiger partial charge in [-0.15, -0.1) is 0 Å². The first-order valence-electron chi connectivity index (χ1n) is 9.60. The first kappa shape index (κ1) is 18.7. The molecule has 6 heteroatoms. The zero-order valence-electron chi connectivity index (χ0n) is 15.6. The molecule has 0 bridgehead atoms. The monoisotopic (exact) mass is 359 g/mol. The SMILES string of the molecule is COc1ccc(CCC(=O)N2CCN(C(=O)C3CCCCN3)CC2)cc1. The fourth-order valence-electron chi connectivity index (χ4n) is 3.66. The van der Waals surface area contributed by atoms with Gasteiger partial charge in [-0.25, -0.2) is 0 Å². The van der Waals surface area contributed by atoms with Gasteiger partial charge in [-0.1, -0.05) is 18.6 Å². The van der Waals surface area contributed by atoms with E-state index in [1.807, 2.05) is 34.1 Å². The predicted octanol–water partition coefficient (Wildman–Crippen LogP) is 1.44. The van der Waals surface area contributed by atoms with Crippen molar-refractivity contribution in [2.24, 2.45) is 0 Å². The molecule has 2 aliphatic rings. The Morgan fingerprint density at radius 2 is 1.77 bits per heavy atom. The van der Waals surface area contributed by atoms with E-state index in [-0.39, 0.29) is 17.9 Å². The lowest BCUT2D eigenvalue weighted by atomic mass is 10.0. The summed E-state index contributed by atoms with van der Waals surface area (Å²) in [5.74, 6) is 1.20. The molecule has 2 aliphatic heterocycles. The van der Waals surface area contributed by atoms with Gasteiger partial charge in [0.1, 0.15) is 5.75 Å². The van der Waals surface area contributed by atoms with E-state index >= 15 is 0 Å². The summed E-state index contributed by atoms with van der Waals surface area (Å²) in [6, 6.07) is 7.81. The number of benzene rings is 1. The number of carbonyl (C=O) groups excluding carboxylic acids is 2. The average Bonchev–Trinajstić information content (AvgIpc) is 2.72. The molecule has 6 nitrogen and oxygen atoms in total. The van der Waals surface area contributed by atoms with Crippen LogP contribution >= 0.6 is 0 Å². The van der Waals surface area contributed by atoms with Crippen LogP contribution in [0.1, 0.15) is 31.2 Å². The third-order valence-corrected chi connectivity index (χ3v) is 5.34. The minimum absolute atomic E-state index is 0.0268. The molecule has 0 aliphatic carbocycles. The maximum absolute atomic E-state index is 12.5. The van der Waals surface area contributed by atoms with E-state index in [0.29, 0.717) is 32.6 Å². The number of carbonyl (C=O) groups is 2. The van der Waals surface area contributed by atoms with Crippen LogP contribution in [0.25, 0.3) is 0 Å². The lowest BCUT2D eigenvalue weighted by molar-refractivity contribution is -0.141. The Bertz CT molecular complexity index is 603. The number of hydrogen-bond acceptors (Lipinski definition) is 4. The van der Waals surface area contributed by atoms with Gasteiger partial charge in [0.15, 0.2) is 0 Å². The van der Waals surface area contributed by atoms with Crippen LogP contribution in [-0.4, -0.2) is 67.5 Å². The van der Waals surface area contributed by atoms with Crippen molar-refractivity contribution in [2.45, 2.75) is 38.1 Å². The molecule has 1 aromatic rings. The number of methoxy groups -OCH3 is 1. The molecule has 1 aromatic carbocycles. The highest BCUT2D eigenvalue weighted by atomic mass is 16.5. The van der Waals surface area contributed by atoms with Crippen LogP contribution in [0.5, 0.6) is 5.75 Å². The number of nitrogens with one attached hydrogen (secondary N) is 1. The Labute approximate surface area is 155 Å². The largest absolute Gasteiger partial charge is 0.497 e. The summed E-state index contributed by atoms with van der Waals surface area (Å²) in [7, 11) is 1.65. The zero-order valence-corrected chi connectivity index (χ0v) is 15.6. The molecule has 2 amide bonds. The Kier molecular flexibility index (Phi) is 6.50. The van der Waals surface area contributed by atoms with Crippen LogP contribution in [0.4, 0.5) is 0 Å². The molecule has 2 fully saturated rings. The van der Waals surface area contributed by atoms with Crippen molar-refractivity contribution in [2.75, 3.05) is 39.8 Å². The van der Waals surface area contributed by atoms with Crippen LogP contribution in [-0.2, 0) is 16.0 Å². The molecule has 1 N–H and O–H groups in total.